The van der Waals surface area contributed by atoms with Crippen molar-refractivity contribution in [3.8, 4) is 0 Å². The molecule has 0 spiro atoms. The van der Waals surface area contributed by atoms with Crippen molar-refractivity contribution in [3.63, 3.8) is 0 Å². The van der Waals surface area contributed by atoms with Gasteiger partial charge in [-0.2, -0.15) is 0 Å². The summed E-state index contributed by atoms with van der Waals surface area (Å²) < 4.78 is 13.4. The lowest BCUT2D eigenvalue weighted by molar-refractivity contribution is 0.602. The summed E-state index contributed by atoms with van der Waals surface area (Å²) in [6.07, 6.45) is 1.11. The lowest BCUT2D eigenvalue weighted by Crippen LogP contribution is -2.10. The highest BCUT2D eigenvalue weighted by Gasteiger charge is 2.17. The van der Waals surface area contributed by atoms with Crippen molar-refractivity contribution in [1.82, 2.24) is 5.32 Å². The Morgan fingerprint density at radius 1 is 1.50 bits per heavy atom. The van der Waals surface area contributed by atoms with Gasteiger partial charge in [0.2, 0.25) is 0 Å². The Bertz CT molecular complexity index is 324. The van der Waals surface area contributed by atoms with Crippen molar-refractivity contribution in [2.75, 3.05) is 18.8 Å². The number of rotatable bonds is 2. The molecular formula is C10H13FN2S. The van der Waals surface area contributed by atoms with Crippen LogP contribution in [0.1, 0.15) is 6.42 Å². The highest BCUT2D eigenvalue weighted by atomic mass is 32.2. The van der Waals surface area contributed by atoms with E-state index in [2.05, 4.69) is 5.32 Å². The number of halogens is 1. The normalized spacial score (nSPS) is 21.4. The number of hydrogen-bond acceptors (Lipinski definition) is 3. The summed E-state index contributed by atoms with van der Waals surface area (Å²) in [6.45, 7) is 2.00. The Labute approximate surface area is 87.1 Å². The maximum Gasteiger partial charge on any atom is 0.138 e. The quantitative estimate of drug-likeness (QED) is 0.735. The monoisotopic (exact) mass is 212 g/mol. The average molecular weight is 212 g/mol. The zero-order chi connectivity index (χ0) is 9.97. The van der Waals surface area contributed by atoms with Crippen LogP contribution in [0.5, 0.6) is 0 Å². The van der Waals surface area contributed by atoms with Crippen LogP contribution in [0.3, 0.4) is 0 Å². The van der Waals surface area contributed by atoms with Gasteiger partial charge in [-0.1, -0.05) is 0 Å². The van der Waals surface area contributed by atoms with Crippen molar-refractivity contribution < 1.29 is 4.39 Å². The van der Waals surface area contributed by atoms with Gasteiger partial charge in [0.1, 0.15) is 5.82 Å². The molecule has 2 rings (SSSR count). The van der Waals surface area contributed by atoms with E-state index < -0.39 is 0 Å². The Morgan fingerprint density at radius 2 is 2.36 bits per heavy atom. The third kappa shape index (κ3) is 2.19. The summed E-state index contributed by atoms with van der Waals surface area (Å²) in [4.78, 5) is 0.702. The summed E-state index contributed by atoms with van der Waals surface area (Å²) in [5, 5.41) is 3.75. The summed E-state index contributed by atoms with van der Waals surface area (Å²) in [5.41, 5.74) is 5.96. The number of benzene rings is 1. The molecule has 4 heteroatoms. The molecule has 0 radical (unpaired) electrons. The van der Waals surface area contributed by atoms with E-state index in [1.807, 2.05) is 0 Å². The number of thioether (sulfide) groups is 1. The van der Waals surface area contributed by atoms with E-state index in [4.69, 9.17) is 5.73 Å². The number of nitrogens with two attached hydrogens (primary N) is 1. The van der Waals surface area contributed by atoms with E-state index in [-0.39, 0.29) is 5.82 Å². The number of nitrogens with one attached hydrogen (secondary N) is 1. The molecule has 1 heterocycles. The smallest absolute Gasteiger partial charge is 0.138 e. The first-order valence-corrected chi connectivity index (χ1v) is 5.56. The minimum Gasteiger partial charge on any atom is -0.399 e. The summed E-state index contributed by atoms with van der Waals surface area (Å²) in [6, 6.07) is 4.88. The first kappa shape index (κ1) is 9.80. The van der Waals surface area contributed by atoms with Crippen LogP contribution in [-0.4, -0.2) is 18.3 Å². The molecule has 1 aromatic rings. The van der Waals surface area contributed by atoms with Crippen LogP contribution >= 0.6 is 11.8 Å². The molecule has 1 aliphatic heterocycles. The van der Waals surface area contributed by atoms with E-state index in [0.29, 0.717) is 15.8 Å². The van der Waals surface area contributed by atoms with Crippen LogP contribution in [0.4, 0.5) is 10.1 Å². The number of nitrogen functional groups attached to an aromatic ring is 1. The van der Waals surface area contributed by atoms with Gasteiger partial charge in [-0.15, -0.1) is 11.8 Å². The van der Waals surface area contributed by atoms with Crippen LogP contribution in [-0.2, 0) is 0 Å². The van der Waals surface area contributed by atoms with Gasteiger partial charge in [0, 0.05) is 22.4 Å². The van der Waals surface area contributed by atoms with Gasteiger partial charge in [0.15, 0.2) is 0 Å². The van der Waals surface area contributed by atoms with Crippen LogP contribution in [0, 0.1) is 5.82 Å². The molecule has 76 valence electrons. The highest BCUT2D eigenvalue weighted by Crippen LogP contribution is 2.29. The molecule has 3 N–H and O–H groups in total. The summed E-state index contributed by atoms with van der Waals surface area (Å²) in [5.74, 6) is -0.207. The van der Waals surface area contributed by atoms with Gasteiger partial charge in [0.25, 0.3) is 0 Å². The first-order valence-electron chi connectivity index (χ1n) is 4.68. The van der Waals surface area contributed by atoms with Crippen LogP contribution in [0.2, 0.25) is 0 Å². The average Bonchev–Trinajstić information content (AvgIpc) is 2.62. The second-order valence-corrected chi connectivity index (χ2v) is 4.76. The topological polar surface area (TPSA) is 38.0 Å². The minimum absolute atomic E-state index is 0.207. The van der Waals surface area contributed by atoms with Gasteiger partial charge in [-0.05, 0) is 31.2 Å². The molecule has 0 saturated carbocycles. The Hall–Kier alpha value is -0.740. The zero-order valence-electron chi connectivity index (χ0n) is 7.79. The lowest BCUT2D eigenvalue weighted by atomic mass is 10.3. The van der Waals surface area contributed by atoms with Crippen molar-refractivity contribution in [2.24, 2.45) is 0 Å². The lowest BCUT2D eigenvalue weighted by Gasteiger charge is -2.08. The third-order valence-electron chi connectivity index (χ3n) is 2.26. The van der Waals surface area contributed by atoms with E-state index in [1.54, 1.807) is 23.9 Å². The van der Waals surface area contributed by atoms with Crippen molar-refractivity contribution in [1.29, 1.82) is 0 Å². The maximum absolute atomic E-state index is 13.4. The second-order valence-electron chi connectivity index (χ2n) is 3.42. The Kier molecular flexibility index (Phi) is 2.93. The molecule has 0 aliphatic carbocycles. The Morgan fingerprint density at radius 3 is 3.00 bits per heavy atom. The fourth-order valence-electron chi connectivity index (χ4n) is 1.52. The van der Waals surface area contributed by atoms with Gasteiger partial charge in [-0.3, -0.25) is 0 Å². The molecule has 0 bridgehead atoms. The first-order chi connectivity index (χ1) is 6.75. The molecule has 1 unspecified atom stereocenters. The third-order valence-corrected chi connectivity index (χ3v) is 3.59. The molecule has 0 aromatic heterocycles. The van der Waals surface area contributed by atoms with Crippen molar-refractivity contribution >= 4 is 17.4 Å². The van der Waals surface area contributed by atoms with Gasteiger partial charge < -0.3 is 11.1 Å². The van der Waals surface area contributed by atoms with Gasteiger partial charge in [-0.25, -0.2) is 4.39 Å². The minimum atomic E-state index is -0.207. The van der Waals surface area contributed by atoms with Crippen LogP contribution < -0.4 is 11.1 Å². The molecule has 0 amide bonds. The molecule has 1 aromatic carbocycles. The van der Waals surface area contributed by atoms with Crippen LogP contribution in [0.15, 0.2) is 23.1 Å². The molecule has 1 fully saturated rings. The standard InChI is InChI=1S/C10H13FN2S/c11-9-5-7(12)1-2-10(9)14-8-3-4-13-6-8/h1-2,5,8,13H,3-4,6,12H2. The maximum atomic E-state index is 13.4. The molecule has 1 atom stereocenters. The predicted octanol–water partition coefficient (Wildman–Crippen LogP) is 1.86. The molecule has 14 heavy (non-hydrogen) atoms. The molecule has 1 saturated heterocycles. The fourth-order valence-corrected chi connectivity index (χ4v) is 2.64. The summed E-state index contributed by atoms with van der Waals surface area (Å²) >= 11 is 1.59. The molecule has 2 nitrogen and oxygen atoms in total. The largest absolute Gasteiger partial charge is 0.399 e. The number of hydrogen-bond donors (Lipinski definition) is 2. The molecule has 1 aliphatic rings. The van der Waals surface area contributed by atoms with Crippen molar-refractivity contribution in [3.05, 3.63) is 24.0 Å². The van der Waals surface area contributed by atoms with Gasteiger partial charge >= 0.3 is 0 Å². The second kappa shape index (κ2) is 4.19. The zero-order valence-corrected chi connectivity index (χ0v) is 8.61. The van der Waals surface area contributed by atoms with E-state index in [9.17, 15) is 4.39 Å². The number of anilines is 1. The predicted molar refractivity (Wildman–Crippen MR) is 57.9 cm³/mol. The van der Waals surface area contributed by atoms with E-state index in [1.165, 1.54) is 6.07 Å². The molecular weight excluding hydrogens is 199 g/mol. The Balaban J connectivity index is 2.08. The SMILES string of the molecule is Nc1ccc(SC2CCNC2)c(F)c1. The summed E-state index contributed by atoms with van der Waals surface area (Å²) in [7, 11) is 0. The highest BCUT2D eigenvalue weighted by molar-refractivity contribution is 8.00. The van der Waals surface area contributed by atoms with E-state index in [0.717, 1.165) is 19.5 Å². The van der Waals surface area contributed by atoms with Crippen molar-refractivity contribution in [2.45, 2.75) is 16.6 Å². The van der Waals surface area contributed by atoms with Crippen LogP contribution in [0.25, 0.3) is 0 Å². The fraction of sp³-hybridized carbons (Fsp3) is 0.400. The van der Waals surface area contributed by atoms with Gasteiger partial charge in [0.05, 0.1) is 0 Å². The van der Waals surface area contributed by atoms with E-state index >= 15 is 0 Å².